The van der Waals surface area contributed by atoms with Gasteiger partial charge in [0, 0.05) is 34.3 Å². The van der Waals surface area contributed by atoms with Crippen LogP contribution in [0.25, 0.3) is 21.9 Å². The zero-order valence-electron chi connectivity index (χ0n) is 16.4. The molecule has 0 spiro atoms. The SMILES string of the molecule is CCCCc1nc2c(N)nc3ccccc3c2n1CCNSc1ccc(Br)cc1. The van der Waals surface area contributed by atoms with Gasteiger partial charge in [0.1, 0.15) is 11.3 Å². The number of nitrogens with two attached hydrogens (primary N) is 1. The molecular formula is C22H24BrN5S. The number of nitrogens with one attached hydrogen (secondary N) is 1. The number of rotatable bonds is 8. The Hall–Kier alpha value is -2.09. The molecule has 0 saturated heterocycles. The van der Waals surface area contributed by atoms with Gasteiger partial charge in [-0.1, -0.05) is 47.5 Å². The highest BCUT2D eigenvalue weighted by Crippen LogP contribution is 2.29. The number of aromatic nitrogens is 3. The summed E-state index contributed by atoms with van der Waals surface area (Å²) in [5.74, 6) is 1.59. The van der Waals surface area contributed by atoms with Crippen molar-refractivity contribution in [3.05, 3.63) is 58.8 Å². The van der Waals surface area contributed by atoms with Crippen LogP contribution in [0.3, 0.4) is 0 Å². The molecule has 5 nitrogen and oxygen atoms in total. The van der Waals surface area contributed by atoms with Crippen molar-refractivity contribution in [1.29, 1.82) is 0 Å². The minimum absolute atomic E-state index is 0.507. The quantitative estimate of drug-likeness (QED) is 0.260. The number of pyridine rings is 1. The van der Waals surface area contributed by atoms with Gasteiger partial charge in [-0.15, -0.1) is 0 Å². The topological polar surface area (TPSA) is 68.8 Å². The van der Waals surface area contributed by atoms with E-state index in [1.165, 1.54) is 4.90 Å². The summed E-state index contributed by atoms with van der Waals surface area (Å²) in [6.45, 7) is 3.85. The molecule has 4 aromatic rings. The van der Waals surface area contributed by atoms with E-state index < -0.39 is 0 Å². The van der Waals surface area contributed by atoms with Gasteiger partial charge in [-0.3, -0.25) is 4.72 Å². The number of anilines is 1. The number of imidazole rings is 1. The van der Waals surface area contributed by atoms with Gasteiger partial charge >= 0.3 is 0 Å². The molecule has 0 aliphatic carbocycles. The first-order chi connectivity index (χ1) is 14.2. The smallest absolute Gasteiger partial charge is 0.152 e. The van der Waals surface area contributed by atoms with Gasteiger partial charge in [0.15, 0.2) is 5.82 Å². The van der Waals surface area contributed by atoms with E-state index in [1.807, 2.05) is 18.2 Å². The van der Waals surface area contributed by atoms with Gasteiger partial charge in [-0.05, 0) is 48.7 Å². The van der Waals surface area contributed by atoms with Crippen LogP contribution in [0.1, 0.15) is 25.6 Å². The molecule has 2 heterocycles. The Morgan fingerprint density at radius 3 is 2.69 bits per heavy atom. The lowest BCUT2D eigenvalue weighted by atomic mass is 10.2. The summed E-state index contributed by atoms with van der Waals surface area (Å²) in [7, 11) is 0. The maximum atomic E-state index is 6.27. The van der Waals surface area contributed by atoms with Crippen LogP contribution in [0.5, 0.6) is 0 Å². The molecule has 0 aliphatic rings. The number of nitrogen functional groups attached to an aromatic ring is 1. The van der Waals surface area contributed by atoms with Crippen molar-refractivity contribution >= 4 is 55.6 Å². The molecule has 0 bridgehead atoms. The fourth-order valence-electron chi connectivity index (χ4n) is 3.47. The number of hydrogen-bond donors (Lipinski definition) is 2. The van der Waals surface area contributed by atoms with Gasteiger partial charge < -0.3 is 10.3 Å². The molecule has 0 amide bonds. The van der Waals surface area contributed by atoms with Crippen LogP contribution in [-0.2, 0) is 13.0 Å². The molecule has 3 N–H and O–H groups in total. The summed E-state index contributed by atoms with van der Waals surface area (Å²) < 4.78 is 6.88. The predicted molar refractivity (Wildman–Crippen MR) is 126 cm³/mol. The summed E-state index contributed by atoms with van der Waals surface area (Å²) in [5.41, 5.74) is 9.09. The first kappa shape index (κ1) is 20.2. The van der Waals surface area contributed by atoms with Crippen LogP contribution >= 0.6 is 27.9 Å². The molecule has 0 aliphatic heterocycles. The Labute approximate surface area is 183 Å². The minimum Gasteiger partial charge on any atom is -0.382 e. The van der Waals surface area contributed by atoms with Gasteiger partial charge in [0.2, 0.25) is 0 Å². The van der Waals surface area contributed by atoms with Crippen molar-refractivity contribution in [2.75, 3.05) is 12.3 Å². The molecule has 4 rings (SSSR count). The van der Waals surface area contributed by atoms with Crippen LogP contribution in [-0.4, -0.2) is 21.1 Å². The number of hydrogen-bond acceptors (Lipinski definition) is 5. The number of halogens is 1. The van der Waals surface area contributed by atoms with E-state index >= 15 is 0 Å². The largest absolute Gasteiger partial charge is 0.382 e. The second-order valence-corrected chi connectivity index (χ2v) is 8.82. The maximum absolute atomic E-state index is 6.27. The zero-order chi connectivity index (χ0) is 20.2. The monoisotopic (exact) mass is 469 g/mol. The number of fused-ring (bicyclic) bond motifs is 3. The van der Waals surface area contributed by atoms with E-state index in [9.17, 15) is 0 Å². The molecule has 2 aromatic heterocycles. The van der Waals surface area contributed by atoms with Crippen molar-refractivity contribution in [3.63, 3.8) is 0 Å². The van der Waals surface area contributed by atoms with E-state index in [2.05, 4.69) is 67.5 Å². The Morgan fingerprint density at radius 1 is 1.10 bits per heavy atom. The number of para-hydroxylation sites is 1. The minimum atomic E-state index is 0.507. The molecule has 29 heavy (non-hydrogen) atoms. The van der Waals surface area contributed by atoms with Gasteiger partial charge in [-0.2, -0.15) is 0 Å². The normalized spacial score (nSPS) is 11.5. The second kappa shape index (κ2) is 9.15. The van der Waals surface area contributed by atoms with E-state index in [0.717, 1.165) is 64.6 Å². The number of aryl methyl sites for hydroxylation is 1. The zero-order valence-corrected chi connectivity index (χ0v) is 18.8. The van der Waals surface area contributed by atoms with E-state index in [-0.39, 0.29) is 0 Å². The van der Waals surface area contributed by atoms with Crippen LogP contribution in [0.2, 0.25) is 0 Å². The third kappa shape index (κ3) is 4.42. The number of unbranched alkanes of at least 4 members (excludes halogenated alkanes) is 1. The van der Waals surface area contributed by atoms with Crippen molar-refractivity contribution in [2.45, 2.75) is 37.6 Å². The second-order valence-electron chi connectivity index (χ2n) is 6.94. The van der Waals surface area contributed by atoms with Crippen LogP contribution in [0, 0.1) is 0 Å². The Morgan fingerprint density at radius 2 is 1.90 bits per heavy atom. The van der Waals surface area contributed by atoms with E-state index in [4.69, 9.17) is 10.7 Å². The molecular weight excluding hydrogens is 446 g/mol. The molecule has 0 saturated carbocycles. The highest BCUT2D eigenvalue weighted by Gasteiger charge is 2.16. The fourth-order valence-corrected chi connectivity index (χ4v) is 4.36. The van der Waals surface area contributed by atoms with Crippen LogP contribution < -0.4 is 10.5 Å². The van der Waals surface area contributed by atoms with Crippen molar-refractivity contribution < 1.29 is 0 Å². The van der Waals surface area contributed by atoms with E-state index in [0.29, 0.717) is 5.82 Å². The Kier molecular flexibility index (Phi) is 6.37. The van der Waals surface area contributed by atoms with Gasteiger partial charge in [-0.25, -0.2) is 9.97 Å². The maximum Gasteiger partial charge on any atom is 0.152 e. The van der Waals surface area contributed by atoms with Gasteiger partial charge in [0.05, 0.1) is 11.0 Å². The molecule has 0 unspecified atom stereocenters. The third-order valence-corrected chi connectivity index (χ3v) is 6.27. The summed E-state index contributed by atoms with van der Waals surface area (Å²) in [6, 6.07) is 16.5. The molecule has 2 aromatic carbocycles. The highest BCUT2D eigenvalue weighted by molar-refractivity contribution is 9.10. The van der Waals surface area contributed by atoms with Crippen molar-refractivity contribution in [2.24, 2.45) is 0 Å². The number of nitrogens with zero attached hydrogens (tertiary/aromatic N) is 3. The molecule has 0 radical (unpaired) electrons. The lowest BCUT2D eigenvalue weighted by Gasteiger charge is -2.11. The predicted octanol–water partition coefficient (Wildman–Crippen LogP) is 5.57. The van der Waals surface area contributed by atoms with Gasteiger partial charge in [0.25, 0.3) is 0 Å². The first-order valence-corrected chi connectivity index (χ1v) is 11.5. The van der Waals surface area contributed by atoms with Crippen LogP contribution in [0.4, 0.5) is 5.82 Å². The third-order valence-electron chi connectivity index (χ3n) is 4.88. The van der Waals surface area contributed by atoms with E-state index in [1.54, 1.807) is 11.9 Å². The average Bonchev–Trinajstić information content (AvgIpc) is 3.10. The summed E-state index contributed by atoms with van der Waals surface area (Å²) in [4.78, 5) is 10.6. The highest BCUT2D eigenvalue weighted by atomic mass is 79.9. The van der Waals surface area contributed by atoms with Crippen LogP contribution in [0.15, 0.2) is 57.9 Å². The molecule has 0 atom stereocenters. The Balaban J connectivity index is 1.62. The Bertz CT molecular complexity index is 1120. The lowest BCUT2D eigenvalue weighted by Crippen LogP contribution is -2.15. The summed E-state index contributed by atoms with van der Waals surface area (Å²) in [6.07, 6.45) is 3.18. The summed E-state index contributed by atoms with van der Waals surface area (Å²) in [5, 5.41) is 1.10. The van der Waals surface area contributed by atoms with Crippen molar-refractivity contribution in [3.8, 4) is 0 Å². The molecule has 150 valence electrons. The first-order valence-electron chi connectivity index (χ1n) is 9.86. The lowest BCUT2D eigenvalue weighted by molar-refractivity contribution is 0.641. The summed E-state index contributed by atoms with van der Waals surface area (Å²) >= 11 is 5.12. The molecule has 7 heteroatoms. The number of benzene rings is 2. The standard InChI is InChI=1S/C22H24BrN5S/c1-2-3-8-19-27-20-21(17-6-4-5-7-18(17)26-22(20)24)28(19)14-13-25-29-16-11-9-15(23)10-12-16/h4-7,9-12,25H,2-3,8,13-14H2,1H3,(H2,24,26). The average molecular weight is 470 g/mol. The van der Waals surface area contributed by atoms with Crippen molar-refractivity contribution in [1.82, 2.24) is 19.3 Å². The molecule has 0 fully saturated rings. The fraction of sp³-hybridized carbons (Fsp3) is 0.273.